The number of anilines is 1. The average Bonchev–Trinajstić information content (AvgIpc) is 3.51. The van der Waals surface area contributed by atoms with E-state index >= 15 is 0 Å². The highest BCUT2D eigenvalue weighted by Crippen LogP contribution is 2.58. The largest absolute Gasteiger partial charge is 0.496 e. The topological polar surface area (TPSA) is 75.5 Å². The highest BCUT2D eigenvalue weighted by atomic mass is 32.1. The molecule has 2 aromatic heterocycles. The number of aliphatic hydroxyl groups is 1. The standard InChI is InChI=1S/C34H43N3O3S/c1-4-31-36-21-29(41-31)25-11-18-35-30(20-25)37(32(39)24-5-8-27(38)9-6-24)22-33-12-15-34(16-13-33,17-14-33)26-7-10-28(40-3)23(2)19-26/h7,10-11,18-21,24,27,38H,4-6,8-9,12-17,22H2,1-3H3. The molecule has 0 radical (unpaired) electrons. The molecule has 6 nitrogen and oxygen atoms in total. The van der Waals surface area contributed by atoms with Gasteiger partial charge in [0.1, 0.15) is 11.6 Å². The molecule has 41 heavy (non-hydrogen) atoms. The summed E-state index contributed by atoms with van der Waals surface area (Å²) >= 11 is 1.71. The van der Waals surface area contributed by atoms with Crippen molar-refractivity contribution in [2.24, 2.45) is 11.3 Å². The number of rotatable bonds is 8. The van der Waals surface area contributed by atoms with Crippen molar-refractivity contribution in [2.75, 3.05) is 18.6 Å². The predicted molar refractivity (Wildman–Crippen MR) is 165 cm³/mol. The molecule has 0 spiro atoms. The van der Waals surface area contributed by atoms with Crippen molar-refractivity contribution in [3.8, 4) is 16.2 Å². The van der Waals surface area contributed by atoms with Gasteiger partial charge < -0.3 is 9.84 Å². The molecule has 4 fully saturated rings. The van der Waals surface area contributed by atoms with Crippen molar-refractivity contribution in [3.63, 3.8) is 0 Å². The number of fused-ring (bicyclic) bond motifs is 3. The van der Waals surface area contributed by atoms with Gasteiger partial charge in [0.05, 0.1) is 23.1 Å². The summed E-state index contributed by atoms with van der Waals surface area (Å²) < 4.78 is 5.53. The van der Waals surface area contributed by atoms with Gasteiger partial charge in [0.25, 0.3) is 0 Å². The number of amides is 1. The van der Waals surface area contributed by atoms with Gasteiger partial charge in [-0.1, -0.05) is 19.1 Å². The molecular weight excluding hydrogens is 530 g/mol. The minimum atomic E-state index is -0.280. The van der Waals surface area contributed by atoms with Crippen LogP contribution in [-0.2, 0) is 16.6 Å². The van der Waals surface area contributed by atoms with E-state index in [2.05, 4.69) is 43.1 Å². The van der Waals surface area contributed by atoms with Crippen molar-refractivity contribution < 1.29 is 14.6 Å². The second-order valence-electron chi connectivity index (χ2n) is 12.8. The number of benzene rings is 1. The highest BCUT2D eigenvalue weighted by molar-refractivity contribution is 7.15. The zero-order chi connectivity index (χ0) is 28.6. The van der Waals surface area contributed by atoms with E-state index in [0.29, 0.717) is 12.8 Å². The number of aliphatic hydroxyl groups excluding tert-OH is 1. The number of pyridine rings is 1. The number of thiazole rings is 1. The maximum Gasteiger partial charge on any atom is 0.231 e. The van der Waals surface area contributed by atoms with Gasteiger partial charge in [-0.2, -0.15) is 0 Å². The molecule has 7 heteroatoms. The van der Waals surface area contributed by atoms with E-state index in [4.69, 9.17) is 9.72 Å². The number of ether oxygens (including phenoxy) is 1. The second kappa shape index (κ2) is 11.5. The monoisotopic (exact) mass is 573 g/mol. The summed E-state index contributed by atoms with van der Waals surface area (Å²) in [6.45, 7) is 4.99. The van der Waals surface area contributed by atoms with Crippen LogP contribution < -0.4 is 9.64 Å². The molecule has 4 saturated carbocycles. The Labute approximate surface area is 248 Å². The Kier molecular flexibility index (Phi) is 7.94. The molecular formula is C34H43N3O3S. The molecule has 7 rings (SSSR count). The van der Waals surface area contributed by atoms with Crippen LogP contribution in [0.1, 0.15) is 87.3 Å². The van der Waals surface area contributed by atoms with Gasteiger partial charge in [-0.25, -0.2) is 9.97 Å². The maximum atomic E-state index is 14.2. The molecule has 1 aromatic carbocycles. The second-order valence-corrected chi connectivity index (χ2v) is 13.9. The van der Waals surface area contributed by atoms with E-state index in [0.717, 1.165) is 91.3 Å². The Morgan fingerprint density at radius 2 is 1.78 bits per heavy atom. The molecule has 4 aliphatic rings. The minimum Gasteiger partial charge on any atom is -0.496 e. The molecule has 2 heterocycles. The van der Waals surface area contributed by atoms with E-state index in [1.807, 2.05) is 23.4 Å². The molecule has 1 N–H and O–H groups in total. The summed E-state index contributed by atoms with van der Waals surface area (Å²) in [7, 11) is 1.74. The number of carbonyl (C=O) groups is 1. The zero-order valence-corrected chi connectivity index (χ0v) is 25.5. The first kappa shape index (κ1) is 28.4. The van der Waals surface area contributed by atoms with Gasteiger partial charge >= 0.3 is 0 Å². The quantitative estimate of drug-likeness (QED) is 0.307. The Bertz CT molecular complexity index is 1370. The molecule has 0 unspecified atom stereocenters. The summed E-state index contributed by atoms with van der Waals surface area (Å²) in [5.41, 5.74) is 4.07. The molecule has 2 bridgehead atoms. The predicted octanol–water partition coefficient (Wildman–Crippen LogP) is 7.26. The van der Waals surface area contributed by atoms with E-state index in [1.165, 1.54) is 11.1 Å². The van der Waals surface area contributed by atoms with Crippen molar-refractivity contribution in [2.45, 2.75) is 96.0 Å². The number of hydrogen-bond donors (Lipinski definition) is 1. The Morgan fingerprint density at radius 3 is 2.41 bits per heavy atom. The third kappa shape index (κ3) is 5.55. The molecule has 0 saturated heterocycles. The molecule has 1 amide bonds. The van der Waals surface area contributed by atoms with Crippen LogP contribution in [0.5, 0.6) is 5.75 Å². The third-order valence-electron chi connectivity index (χ3n) is 10.4. The fourth-order valence-corrected chi connectivity index (χ4v) is 8.47. The van der Waals surface area contributed by atoms with Crippen molar-refractivity contribution in [1.82, 2.24) is 9.97 Å². The fraction of sp³-hybridized carbons (Fsp3) is 0.559. The van der Waals surface area contributed by atoms with Crippen LogP contribution in [0.3, 0.4) is 0 Å². The summed E-state index contributed by atoms with van der Waals surface area (Å²) in [4.78, 5) is 26.7. The first-order valence-electron chi connectivity index (χ1n) is 15.4. The van der Waals surface area contributed by atoms with Gasteiger partial charge in [-0.05, 0) is 123 Å². The number of aromatic nitrogens is 2. The third-order valence-corrected chi connectivity index (χ3v) is 11.6. The lowest BCUT2D eigenvalue weighted by atomic mass is 9.51. The van der Waals surface area contributed by atoms with E-state index in [1.54, 1.807) is 18.4 Å². The first-order valence-corrected chi connectivity index (χ1v) is 16.2. The average molecular weight is 574 g/mol. The normalized spacial score (nSPS) is 27.5. The van der Waals surface area contributed by atoms with E-state index in [-0.39, 0.29) is 28.8 Å². The number of methoxy groups -OCH3 is 1. The maximum absolute atomic E-state index is 14.2. The summed E-state index contributed by atoms with van der Waals surface area (Å²) in [6.07, 6.45) is 14.2. The molecule has 0 aliphatic heterocycles. The van der Waals surface area contributed by atoms with Gasteiger partial charge in [0.15, 0.2) is 0 Å². The van der Waals surface area contributed by atoms with Crippen LogP contribution in [0.25, 0.3) is 10.4 Å². The number of aryl methyl sites for hydroxylation is 2. The van der Waals surface area contributed by atoms with E-state index < -0.39 is 0 Å². The van der Waals surface area contributed by atoms with Gasteiger partial charge in [0.2, 0.25) is 5.91 Å². The van der Waals surface area contributed by atoms with Crippen molar-refractivity contribution >= 4 is 23.1 Å². The van der Waals surface area contributed by atoms with Crippen LogP contribution in [0.2, 0.25) is 0 Å². The van der Waals surface area contributed by atoms with Gasteiger partial charge in [-0.3, -0.25) is 9.69 Å². The molecule has 0 atom stereocenters. The van der Waals surface area contributed by atoms with Crippen LogP contribution in [0.4, 0.5) is 5.82 Å². The van der Waals surface area contributed by atoms with Gasteiger partial charge in [-0.15, -0.1) is 11.3 Å². The van der Waals surface area contributed by atoms with Crippen LogP contribution >= 0.6 is 11.3 Å². The Hall–Kier alpha value is -2.77. The summed E-state index contributed by atoms with van der Waals surface area (Å²) in [6, 6.07) is 10.9. The lowest BCUT2D eigenvalue weighted by Crippen LogP contribution is -2.52. The lowest BCUT2D eigenvalue weighted by Gasteiger charge is -2.55. The SMILES string of the molecule is CCc1ncc(-c2ccnc(N(CC34CCC(c5ccc(OC)c(C)c5)(CC3)CC4)C(=O)C3CCC(O)CC3)c2)s1. The molecule has 218 valence electrons. The fourth-order valence-electron chi connectivity index (χ4n) is 7.62. The Balaban J connectivity index is 1.26. The van der Waals surface area contributed by atoms with Crippen LogP contribution in [-0.4, -0.2) is 40.7 Å². The smallest absolute Gasteiger partial charge is 0.231 e. The lowest BCUT2D eigenvalue weighted by molar-refractivity contribution is -0.124. The number of nitrogens with zero attached hydrogens (tertiary/aromatic N) is 3. The summed E-state index contributed by atoms with van der Waals surface area (Å²) in [5.74, 6) is 1.84. The van der Waals surface area contributed by atoms with Gasteiger partial charge in [0, 0.05) is 24.9 Å². The zero-order valence-electron chi connectivity index (χ0n) is 24.7. The minimum absolute atomic E-state index is 0.0519. The number of carbonyl (C=O) groups excluding carboxylic acids is 1. The first-order chi connectivity index (χ1) is 19.8. The van der Waals surface area contributed by atoms with Crippen molar-refractivity contribution in [3.05, 3.63) is 58.9 Å². The van der Waals surface area contributed by atoms with Crippen molar-refractivity contribution in [1.29, 1.82) is 0 Å². The van der Waals surface area contributed by atoms with E-state index in [9.17, 15) is 9.90 Å². The Morgan fingerprint density at radius 1 is 1.05 bits per heavy atom. The number of hydrogen-bond acceptors (Lipinski definition) is 6. The molecule has 3 aromatic rings. The summed E-state index contributed by atoms with van der Waals surface area (Å²) in [5, 5.41) is 11.2. The molecule has 4 aliphatic carbocycles. The highest BCUT2D eigenvalue weighted by Gasteiger charge is 2.50. The van der Waals surface area contributed by atoms with Crippen LogP contribution in [0.15, 0.2) is 42.7 Å². The van der Waals surface area contributed by atoms with Crippen LogP contribution in [0, 0.1) is 18.3 Å².